The molecule has 0 spiro atoms. The average molecular weight is 338 g/mol. The number of halogens is 2. The fraction of sp³-hybridized carbons (Fsp3) is 0.154. The van der Waals surface area contributed by atoms with E-state index in [1.807, 2.05) is 36.7 Å². The van der Waals surface area contributed by atoms with E-state index in [0.717, 1.165) is 26.9 Å². The molecule has 3 aromatic rings. The van der Waals surface area contributed by atoms with Gasteiger partial charge in [-0.15, -0.1) is 0 Å². The average Bonchev–Trinajstić information content (AvgIpc) is 2.64. The van der Waals surface area contributed by atoms with Gasteiger partial charge in [0.2, 0.25) is 0 Å². The molecule has 3 aromatic heterocycles. The first-order valence-electron chi connectivity index (χ1n) is 5.69. The zero-order chi connectivity index (χ0) is 13.6. The van der Waals surface area contributed by atoms with Crippen LogP contribution in [0.1, 0.15) is 5.82 Å². The lowest BCUT2D eigenvalue weighted by Gasteiger charge is -2.04. The van der Waals surface area contributed by atoms with Gasteiger partial charge in [-0.2, -0.15) is 0 Å². The number of nitrogens with zero attached hydrogens (tertiary/aromatic N) is 4. The van der Waals surface area contributed by atoms with Gasteiger partial charge in [-0.25, -0.2) is 9.97 Å². The van der Waals surface area contributed by atoms with Crippen molar-refractivity contribution in [3.63, 3.8) is 0 Å². The van der Waals surface area contributed by atoms with Crippen molar-refractivity contribution in [2.24, 2.45) is 7.05 Å². The van der Waals surface area contributed by atoms with Gasteiger partial charge in [-0.05, 0) is 35.0 Å². The van der Waals surface area contributed by atoms with Crippen molar-refractivity contribution in [2.75, 3.05) is 0 Å². The standard InChI is InChI=1S/C13H10BrClN4/c1-7-17-11(8-5-3-4-6-16-8)9-10(14)12(15)19(2)13(9)18-7/h3-6H,1-2H3. The van der Waals surface area contributed by atoms with E-state index in [-0.39, 0.29) is 0 Å². The Labute approximate surface area is 123 Å². The molecular weight excluding hydrogens is 328 g/mol. The third-order valence-electron chi connectivity index (χ3n) is 2.92. The molecular formula is C13H10BrClN4. The van der Waals surface area contributed by atoms with Crippen molar-refractivity contribution < 1.29 is 0 Å². The van der Waals surface area contributed by atoms with Gasteiger partial charge in [0, 0.05) is 13.2 Å². The Bertz CT molecular complexity index is 767. The van der Waals surface area contributed by atoms with Crippen molar-refractivity contribution in [2.45, 2.75) is 6.92 Å². The molecule has 19 heavy (non-hydrogen) atoms. The fourth-order valence-electron chi connectivity index (χ4n) is 2.03. The zero-order valence-corrected chi connectivity index (χ0v) is 12.7. The number of hydrogen-bond acceptors (Lipinski definition) is 3. The second-order valence-electron chi connectivity index (χ2n) is 4.20. The van der Waals surface area contributed by atoms with Crippen LogP contribution in [0.3, 0.4) is 0 Å². The van der Waals surface area contributed by atoms with Gasteiger partial charge < -0.3 is 4.57 Å². The predicted molar refractivity (Wildman–Crippen MR) is 79.2 cm³/mol. The van der Waals surface area contributed by atoms with E-state index >= 15 is 0 Å². The highest BCUT2D eigenvalue weighted by molar-refractivity contribution is 9.10. The van der Waals surface area contributed by atoms with Crippen LogP contribution in [0.2, 0.25) is 5.15 Å². The van der Waals surface area contributed by atoms with Gasteiger partial charge in [0.05, 0.1) is 15.6 Å². The first-order valence-corrected chi connectivity index (χ1v) is 6.86. The maximum absolute atomic E-state index is 6.26. The van der Waals surface area contributed by atoms with Crippen molar-refractivity contribution in [3.05, 3.63) is 39.8 Å². The van der Waals surface area contributed by atoms with E-state index < -0.39 is 0 Å². The van der Waals surface area contributed by atoms with Crippen molar-refractivity contribution >= 4 is 38.6 Å². The first kappa shape index (κ1) is 12.6. The maximum atomic E-state index is 6.26. The number of rotatable bonds is 1. The van der Waals surface area contributed by atoms with E-state index in [0.29, 0.717) is 11.0 Å². The summed E-state index contributed by atoms with van der Waals surface area (Å²) in [6.45, 7) is 1.86. The molecule has 0 aliphatic rings. The summed E-state index contributed by atoms with van der Waals surface area (Å²) < 4.78 is 2.63. The molecule has 0 aliphatic carbocycles. The second kappa shape index (κ2) is 4.58. The predicted octanol–water partition coefficient (Wildman–Crippen LogP) is 3.75. The van der Waals surface area contributed by atoms with E-state index in [1.165, 1.54) is 0 Å². The summed E-state index contributed by atoms with van der Waals surface area (Å²) in [5.41, 5.74) is 2.39. The van der Waals surface area contributed by atoms with Crippen LogP contribution in [0.5, 0.6) is 0 Å². The minimum absolute atomic E-state index is 0.604. The van der Waals surface area contributed by atoms with Crippen LogP contribution in [-0.4, -0.2) is 19.5 Å². The SMILES string of the molecule is Cc1nc(-c2ccccn2)c2c(Br)c(Cl)n(C)c2n1. The Morgan fingerprint density at radius 2 is 2.05 bits per heavy atom. The Morgan fingerprint density at radius 1 is 1.26 bits per heavy atom. The molecule has 0 bridgehead atoms. The lowest BCUT2D eigenvalue weighted by molar-refractivity contribution is 0.931. The summed E-state index contributed by atoms with van der Waals surface area (Å²) in [6, 6.07) is 5.74. The normalized spacial score (nSPS) is 11.2. The number of pyridine rings is 1. The molecule has 0 saturated heterocycles. The molecule has 0 saturated carbocycles. The lowest BCUT2D eigenvalue weighted by Crippen LogP contribution is -1.97. The van der Waals surface area contributed by atoms with Crippen LogP contribution >= 0.6 is 27.5 Å². The molecule has 0 atom stereocenters. The minimum Gasteiger partial charge on any atom is -0.318 e. The van der Waals surface area contributed by atoms with Gasteiger partial charge in [-0.3, -0.25) is 4.98 Å². The topological polar surface area (TPSA) is 43.6 Å². The van der Waals surface area contributed by atoms with Crippen LogP contribution < -0.4 is 0 Å². The molecule has 0 amide bonds. The maximum Gasteiger partial charge on any atom is 0.146 e. The molecule has 3 rings (SSSR count). The number of fused-ring (bicyclic) bond motifs is 1. The van der Waals surface area contributed by atoms with Gasteiger partial charge in [0.25, 0.3) is 0 Å². The molecule has 4 nitrogen and oxygen atoms in total. The Kier molecular flexibility index (Phi) is 3.03. The summed E-state index contributed by atoms with van der Waals surface area (Å²) in [5, 5.41) is 1.49. The monoisotopic (exact) mass is 336 g/mol. The van der Waals surface area contributed by atoms with E-state index in [9.17, 15) is 0 Å². The molecule has 0 aliphatic heterocycles. The van der Waals surface area contributed by atoms with E-state index in [1.54, 1.807) is 6.20 Å². The summed E-state index contributed by atoms with van der Waals surface area (Å²) in [4.78, 5) is 13.3. The lowest BCUT2D eigenvalue weighted by atomic mass is 10.2. The van der Waals surface area contributed by atoms with Crippen LogP contribution in [0.15, 0.2) is 28.9 Å². The van der Waals surface area contributed by atoms with Gasteiger partial charge >= 0.3 is 0 Å². The summed E-state index contributed by atoms with van der Waals surface area (Å²) in [6.07, 6.45) is 1.75. The molecule has 0 aromatic carbocycles. The third-order valence-corrected chi connectivity index (χ3v) is 4.36. The summed E-state index contributed by atoms with van der Waals surface area (Å²) >= 11 is 9.77. The van der Waals surface area contributed by atoms with Gasteiger partial charge in [0.1, 0.15) is 22.3 Å². The smallest absolute Gasteiger partial charge is 0.146 e. The van der Waals surface area contributed by atoms with Gasteiger partial charge in [0.15, 0.2) is 0 Å². The quantitative estimate of drug-likeness (QED) is 0.679. The summed E-state index contributed by atoms with van der Waals surface area (Å²) in [7, 11) is 1.88. The van der Waals surface area contributed by atoms with Crippen LogP contribution in [-0.2, 0) is 7.05 Å². The largest absolute Gasteiger partial charge is 0.318 e. The minimum atomic E-state index is 0.604. The van der Waals surface area contributed by atoms with Crippen molar-refractivity contribution in [1.29, 1.82) is 0 Å². The third kappa shape index (κ3) is 1.93. The Balaban J connectivity index is 2.46. The van der Waals surface area contributed by atoms with Gasteiger partial charge in [-0.1, -0.05) is 17.7 Å². The zero-order valence-electron chi connectivity index (χ0n) is 10.4. The molecule has 96 valence electrons. The highest BCUT2D eigenvalue weighted by Gasteiger charge is 2.19. The van der Waals surface area contributed by atoms with Crippen molar-refractivity contribution in [1.82, 2.24) is 19.5 Å². The number of hydrogen-bond donors (Lipinski definition) is 0. The Hall–Kier alpha value is -1.46. The molecule has 0 N–H and O–H groups in total. The molecule has 0 fully saturated rings. The van der Waals surface area contributed by atoms with Crippen LogP contribution in [0.25, 0.3) is 22.4 Å². The highest BCUT2D eigenvalue weighted by atomic mass is 79.9. The number of aryl methyl sites for hydroxylation is 2. The molecule has 3 heterocycles. The van der Waals surface area contributed by atoms with E-state index in [2.05, 4.69) is 30.9 Å². The van der Waals surface area contributed by atoms with Crippen LogP contribution in [0, 0.1) is 6.92 Å². The fourth-order valence-corrected chi connectivity index (χ4v) is 2.84. The van der Waals surface area contributed by atoms with Crippen molar-refractivity contribution in [3.8, 4) is 11.4 Å². The van der Waals surface area contributed by atoms with Crippen LogP contribution in [0.4, 0.5) is 0 Å². The summed E-state index contributed by atoms with van der Waals surface area (Å²) in [5.74, 6) is 0.693. The second-order valence-corrected chi connectivity index (χ2v) is 5.35. The van der Waals surface area contributed by atoms with E-state index in [4.69, 9.17) is 11.6 Å². The Morgan fingerprint density at radius 3 is 2.74 bits per heavy atom. The first-order chi connectivity index (χ1) is 9.09. The molecule has 0 unspecified atom stereocenters. The highest BCUT2D eigenvalue weighted by Crippen LogP contribution is 2.37. The number of aromatic nitrogens is 4. The molecule has 0 radical (unpaired) electrons. The molecule has 6 heteroatoms.